The Kier molecular flexibility index (Phi) is 11.0. The number of benzene rings is 1. The first kappa shape index (κ1) is 19.2. The van der Waals surface area contributed by atoms with Gasteiger partial charge in [-0.1, -0.05) is 12.1 Å². The van der Waals surface area contributed by atoms with E-state index in [1.54, 1.807) is 0 Å². The van der Waals surface area contributed by atoms with Gasteiger partial charge < -0.3 is 11.1 Å². The molecular formula is C11H20Cl3N3. The molecule has 0 bridgehead atoms. The van der Waals surface area contributed by atoms with E-state index in [9.17, 15) is 0 Å². The predicted octanol–water partition coefficient (Wildman–Crippen LogP) is 1.94. The molecule has 0 spiro atoms. The second-order valence-corrected chi connectivity index (χ2v) is 3.77. The van der Waals surface area contributed by atoms with Crippen LogP contribution in [0.3, 0.4) is 0 Å². The van der Waals surface area contributed by atoms with Gasteiger partial charge in [0.25, 0.3) is 0 Å². The van der Waals surface area contributed by atoms with Gasteiger partial charge in [-0.25, -0.2) is 0 Å². The van der Waals surface area contributed by atoms with E-state index in [0.717, 1.165) is 38.4 Å². The summed E-state index contributed by atoms with van der Waals surface area (Å²) in [6.07, 6.45) is 0. The number of halogens is 3. The normalized spacial score (nSPS) is 15.1. The Morgan fingerprint density at radius 2 is 1.76 bits per heavy atom. The first-order valence-corrected chi connectivity index (χ1v) is 5.12. The minimum absolute atomic E-state index is 0. The molecular weight excluding hydrogens is 281 g/mol. The molecule has 3 nitrogen and oxygen atoms in total. The zero-order chi connectivity index (χ0) is 9.80. The van der Waals surface area contributed by atoms with Gasteiger partial charge in [0.05, 0.1) is 0 Å². The topological polar surface area (TPSA) is 41.3 Å². The third kappa shape index (κ3) is 6.34. The summed E-state index contributed by atoms with van der Waals surface area (Å²) in [4.78, 5) is 2.45. The Hall–Kier alpha value is -0.190. The van der Waals surface area contributed by atoms with E-state index in [0.29, 0.717) is 0 Å². The molecule has 17 heavy (non-hydrogen) atoms. The van der Waals surface area contributed by atoms with Gasteiger partial charge in [-0.15, -0.1) is 37.2 Å². The van der Waals surface area contributed by atoms with Crippen molar-refractivity contribution in [2.75, 3.05) is 31.9 Å². The first-order chi connectivity index (χ1) is 6.84. The highest BCUT2D eigenvalue weighted by atomic mass is 35.5. The SMILES string of the molecule is Cl.Cl.Cl.Nc1cccc(CN2CCNCC2)c1. The van der Waals surface area contributed by atoms with Gasteiger partial charge >= 0.3 is 0 Å². The predicted molar refractivity (Wildman–Crippen MR) is 80.7 cm³/mol. The largest absolute Gasteiger partial charge is 0.399 e. The van der Waals surface area contributed by atoms with Crippen LogP contribution in [0.2, 0.25) is 0 Å². The number of piperazine rings is 1. The Morgan fingerprint density at radius 1 is 1.12 bits per heavy atom. The maximum absolute atomic E-state index is 5.73. The molecule has 1 aliphatic rings. The molecule has 1 fully saturated rings. The van der Waals surface area contributed by atoms with Crippen molar-refractivity contribution in [2.24, 2.45) is 0 Å². The molecule has 1 heterocycles. The lowest BCUT2D eigenvalue weighted by Crippen LogP contribution is -2.42. The molecule has 1 aliphatic heterocycles. The fourth-order valence-electron chi connectivity index (χ4n) is 1.82. The van der Waals surface area contributed by atoms with E-state index in [1.807, 2.05) is 12.1 Å². The van der Waals surface area contributed by atoms with Crippen LogP contribution in [0.25, 0.3) is 0 Å². The van der Waals surface area contributed by atoms with E-state index in [-0.39, 0.29) is 37.2 Å². The van der Waals surface area contributed by atoms with Crippen LogP contribution in [0.4, 0.5) is 5.69 Å². The molecule has 0 aliphatic carbocycles. The van der Waals surface area contributed by atoms with Crippen LogP contribution in [-0.4, -0.2) is 31.1 Å². The molecule has 1 saturated heterocycles. The van der Waals surface area contributed by atoms with Gasteiger partial charge in [-0.3, -0.25) is 4.90 Å². The molecule has 3 N–H and O–H groups in total. The third-order valence-corrected chi connectivity index (χ3v) is 2.57. The molecule has 0 amide bonds. The summed E-state index contributed by atoms with van der Waals surface area (Å²) >= 11 is 0. The molecule has 0 unspecified atom stereocenters. The van der Waals surface area contributed by atoms with E-state index in [4.69, 9.17) is 5.73 Å². The summed E-state index contributed by atoms with van der Waals surface area (Å²) in [5.41, 5.74) is 7.90. The van der Waals surface area contributed by atoms with E-state index < -0.39 is 0 Å². The Labute approximate surface area is 121 Å². The van der Waals surface area contributed by atoms with Crippen LogP contribution in [-0.2, 0) is 6.54 Å². The van der Waals surface area contributed by atoms with E-state index in [2.05, 4.69) is 22.3 Å². The zero-order valence-electron chi connectivity index (χ0n) is 9.59. The quantitative estimate of drug-likeness (QED) is 0.820. The number of nitrogens with two attached hydrogens (primary N) is 1. The number of nitrogen functional groups attached to an aromatic ring is 1. The average Bonchev–Trinajstić information content (AvgIpc) is 2.19. The summed E-state index contributed by atoms with van der Waals surface area (Å²) in [7, 11) is 0. The van der Waals surface area contributed by atoms with Crippen LogP contribution in [0.5, 0.6) is 0 Å². The lowest BCUT2D eigenvalue weighted by atomic mass is 10.2. The van der Waals surface area contributed by atoms with Gasteiger partial charge in [0.1, 0.15) is 0 Å². The lowest BCUT2D eigenvalue weighted by molar-refractivity contribution is 0.233. The van der Waals surface area contributed by atoms with Crippen molar-refractivity contribution in [3.8, 4) is 0 Å². The Bertz CT molecular complexity index is 304. The highest BCUT2D eigenvalue weighted by molar-refractivity contribution is 5.86. The molecule has 0 radical (unpaired) electrons. The molecule has 0 saturated carbocycles. The van der Waals surface area contributed by atoms with Gasteiger partial charge in [0.15, 0.2) is 0 Å². The average molecular weight is 301 g/mol. The monoisotopic (exact) mass is 299 g/mol. The maximum Gasteiger partial charge on any atom is 0.0317 e. The van der Waals surface area contributed by atoms with Gasteiger partial charge in [-0.05, 0) is 17.7 Å². The van der Waals surface area contributed by atoms with Crippen molar-refractivity contribution in [3.63, 3.8) is 0 Å². The molecule has 0 atom stereocenters. The standard InChI is InChI=1S/C11H17N3.3ClH/c12-11-3-1-2-10(8-11)9-14-6-4-13-5-7-14;;;/h1-3,8,13H,4-7,9,12H2;3*1H. The van der Waals surface area contributed by atoms with Crippen molar-refractivity contribution in [2.45, 2.75) is 6.54 Å². The van der Waals surface area contributed by atoms with Gasteiger partial charge in [0, 0.05) is 38.4 Å². The van der Waals surface area contributed by atoms with Crippen LogP contribution in [0, 0.1) is 0 Å². The van der Waals surface area contributed by atoms with E-state index >= 15 is 0 Å². The highest BCUT2D eigenvalue weighted by Crippen LogP contribution is 2.09. The number of hydrogen-bond donors (Lipinski definition) is 2. The van der Waals surface area contributed by atoms with Gasteiger partial charge in [-0.2, -0.15) is 0 Å². The van der Waals surface area contributed by atoms with Crippen molar-refractivity contribution in [1.29, 1.82) is 0 Å². The minimum Gasteiger partial charge on any atom is -0.399 e. The van der Waals surface area contributed by atoms with Crippen LogP contribution in [0.1, 0.15) is 5.56 Å². The second kappa shape index (κ2) is 9.80. The number of nitrogens with one attached hydrogen (secondary N) is 1. The molecule has 100 valence electrons. The van der Waals surface area contributed by atoms with Crippen molar-refractivity contribution < 1.29 is 0 Å². The molecule has 0 aromatic heterocycles. The summed E-state index contributed by atoms with van der Waals surface area (Å²) in [5, 5.41) is 3.35. The van der Waals surface area contributed by atoms with Crippen LogP contribution < -0.4 is 11.1 Å². The summed E-state index contributed by atoms with van der Waals surface area (Å²) in [6.45, 7) is 5.49. The van der Waals surface area contributed by atoms with Crippen LogP contribution >= 0.6 is 37.2 Å². The highest BCUT2D eigenvalue weighted by Gasteiger charge is 2.09. The van der Waals surface area contributed by atoms with Crippen molar-refractivity contribution in [3.05, 3.63) is 29.8 Å². The van der Waals surface area contributed by atoms with Crippen molar-refractivity contribution in [1.82, 2.24) is 10.2 Å². The Morgan fingerprint density at radius 3 is 2.35 bits per heavy atom. The van der Waals surface area contributed by atoms with Gasteiger partial charge in [0.2, 0.25) is 0 Å². The minimum atomic E-state index is 0. The second-order valence-electron chi connectivity index (χ2n) is 3.77. The molecule has 6 heteroatoms. The molecule has 1 aromatic rings. The van der Waals surface area contributed by atoms with Crippen LogP contribution in [0.15, 0.2) is 24.3 Å². The Balaban J connectivity index is 0. The lowest BCUT2D eigenvalue weighted by Gasteiger charge is -2.27. The summed E-state index contributed by atoms with van der Waals surface area (Å²) < 4.78 is 0. The van der Waals surface area contributed by atoms with Crippen molar-refractivity contribution >= 4 is 42.9 Å². The number of hydrogen-bond acceptors (Lipinski definition) is 3. The van der Waals surface area contributed by atoms with E-state index in [1.165, 1.54) is 5.56 Å². The molecule has 2 rings (SSSR count). The number of nitrogens with zero attached hydrogens (tertiary/aromatic N) is 1. The maximum atomic E-state index is 5.73. The number of rotatable bonds is 2. The smallest absolute Gasteiger partial charge is 0.0317 e. The first-order valence-electron chi connectivity index (χ1n) is 5.12. The number of anilines is 1. The zero-order valence-corrected chi connectivity index (χ0v) is 12.0. The fraction of sp³-hybridized carbons (Fsp3) is 0.455. The molecule has 1 aromatic carbocycles. The fourth-order valence-corrected chi connectivity index (χ4v) is 1.82. The summed E-state index contributed by atoms with van der Waals surface area (Å²) in [5.74, 6) is 0. The third-order valence-electron chi connectivity index (χ3n) is 2.57. The summed E-state index contributed by atoms with van der Waals surface area (Å²) in [6, 6.07) is 8.15.